The summed E-state index contributed by atoms with van der Waals surface area (Å²) in [7, 11) is 0. The molecule has 2 aromatic carbocycles. The monoisotopic (exact) mass is 422 g/mol. The minimum atomic E-state index is -4.72. The third-order valence-electron chi connectivity index (χ3n) is 5.21. The fourth-order valence-corrected chi connectivity index (χ4v) is 3.55. The van der Waals surface area contributed by atoms with Crippen molar-refractivity contribution in [1.82, 2.24) is 10.2 Å². The predicted octanol–water partition coefficient (Wildman–Crippen LogP) is 4.32. The van der Waals surface area contributed by atoms with Gasteiger partial charge in [-0.3, -0.25) is 9.59 Å². The van der Waals surface area contributed by atoms with Crippen LogP contribution in [0.2, 0.25) is 0 Å². The van der Waals surface area contributed by atoms with Crippen LogP contribution in [0.3, 0.4) is 0 Å². The molecule has 1 N–H and O–H groups in total. The van der Waals surface area contributed by atoms with Gasteiger partial charge in [-0.05, 0) is 49.6 Å². The van der Waals surface area contributed by atoms with Gasteiger partial charge in [0.1, 0.15) is 5.82 Å². The summed E-state index contributed by atoms with van der Waals surface area (Å²) in [5.41, 5.74) is 0.243. The molecular formula is C22H22F4N2O2. The molecule has 3 rings (SSSR count). The molecule has 8 heteroatoms. The summed E-state index contributed by atoms with van der Waals surface area (Å²) in [6, 6.07) is 9.50. The van der Waals surface area contributed by atoms with Gasteiger partial charge in [-0.25, -0.2) is 4.39 Å². The van der Waals surface area contributed by atoms with Crippen molar-refractivity contribution < 1.29 is 27.2 Å². The Bertz CT molecular complexity index is 926. The Hall–Kier alpha value is -2.90. The second kappa shape index (κ2) is 8.85. The van der Waals surface area contributed by atoms with Crippen molar-refractivity contribution in [3.63, 3.8) is 0 Å². The Balaban J connectivity index is 1.64. The number of hydrogen-bond donors (Lipinski definition) is 1. The number of amides is 2. The number of hydrogen-bond acceptors (Lipinski definition) is 2. The molecule has 4 nitrogen and oxygen atoms in total. The highest BCUT2D eigenvalue weighted by atomic mass is 19.4. The number of nitrogens with one attached hydrogen (secondary N) is 1. The molecule has 30 heavy (non-hydrogen) atoms. The van der Waals surface area contributed by atoms with Gasteiger partial charge in [-0.1, -0.05) is 23.8 Å². The third-order valence-corrected chi connectivity index (χ3v) is 5.21. The van der Waals surface area contributed by atoms with Gasteiger partial charge in [0.15, 0.2) is 0 Å². The second-order valence-corrected chi connectivity index (χ2v) is 7.47. The van der Waals surface area contributed by atoms with Gasteiger partial charge in [0.25, 0.3) is 5.91 Å². The topological polar surface area (TPSA) is 49.4 Å². The largest absolute Gasteiger partial charge is 0.416 e. The molecule has 1 atom stereocenters. The maximum absolute atomic E-state index is 13.2. The zero-order valence-corrected chi connectivity index (χ0v) is 16.4. The summed E-state index contributed by atoms with van der Waals surface area (Å²) in [5, 5.41) is 2.51. The minimum absolute atomic E-state index is 0.176. The summed E-state index contributed by atoms with van der Waals surface area (Å²) in [4.78, 5) is 26.8. The first-order valence-electron chi connectivity index (χ1n) is 9.64. The van der Waals surface area contributed by atoms with Crippen molar-refractivity contribution in [3.05, 3.63) is 70.5 Å². The van der Waals surface area contributed by atoms with E-state index in [1.807, 2.05) is 19.1 Å². The molecule has 160 valence electrons. The van der Waals surface area contributed by atoms with Crippen LogP contribution in [0.1, 0.15) is 39.9 Å². The quantitative estimate of drug-likeness (QED) is 0.746. The van der Waals surface area contributed by atoms with E-state index in [2.05, 4.69) is 5.32 Å². The smallest absolute Gasteiger partial charge is 0.352 e. The Kier molecular flexibility index (Phi) is 6.43. The number of piperidine rings is 1. The standard InChI is InChI=1S/C22H22F4N2O2/c1-14-4-6-15(7-5-14)21(30)28-10-2-3-17(13-28)20(29)27-12-16-8-9-18(23)11-19(16)22(24,25)26/h4-9,11,17H,2-3,10,12-13H2,1H3,(H,27,29). The van der Waals surface area contributed by atoms with Crippen molar-refractivity contribution in [3.8, 4) is 0 Å². The van der Waals surface area contributed by atoms with E-state index < -0.39 is 29.4 Å². The molecule has 2 aromatic rings. The molecule has 0 bridgehead atoms. The maximum Gasteiger partial charge on any atom is 0.416 e. The zero-order valence-electron chi connectivity index (χ0n) is 16.4. The molecule has 1 heterocycles. The number of benzene rings is 2. The van der Waals surface area contributed by atoms with E-state index in [9.17, 15) is 27.2 Å². The molecule has 0 saturated carbocycles. The first-order chi connectivity index (χ1) is 14.1. The second-order valence-electron chi connectivity index (χ2n) is 7.47. The van der Waals surface area contributed by atoms with Crippen LogP contribution < -0.4 is 5.32 Å². The van der Waals surface area contributed by atoms with E-state index in [1.54, 1.807) is 17.0 Å². The van der Waals surface area contributed by atoms with Crippen molar-refractivity contribution in [2.24, 2.45) is 5.92 Å². The SMILES string of the molecule is Cc1ccc(C(=O)N2CCCC(C(=O)NCc3ccc(F)cc3C(F)(F)F)C2)cc1. The van der Waals surface area contributed by atoms with Crippen molar-refractivity contribution in [2.75, 3.05) is 13.1 Å². The van der Waals surface area contributed by atoms with Gasteiger partial charge in [-0.15, -0.1) is 0 Å². The molecule has 1 aliphatic heterocycles. The zero-order chi connectivity index (χ0) is 21.9. The lowest BCUT2D eigenvalue weighted by molar-refractivity contribution is -0.138. The summed E-state index contributed by atoms with van der Waals surface area (Å²) in [6.45, 7) is 2.28. The lowest BCUT2D eigenvalue weighted by Gasteiger charge is -2.32. The molecule has 0 radical (unpaired) electrons. The van der Waals surface area contributed by atoms with Crippen LogP contribution in [-0.4, -0.2) is 29.8 Å². The first-order valence-corrected chi connectivity index (χ1v) is 9.64. The average molecular weight is 422 g/mol. The van der Waals surface area contributed by atoms with Gasteiger partial charge in [0.05, 0.1) is 11.5 Å². The van der Waals surface area contributed by atoms with Gasteiger partial charge in [0.2, 0.25) is 5.91 Å². The molecule has 1 fully saturated rings. The highest BCUT2D eigenvalue weighted by Crippen LogP contribution is 2.32. The van der Waals surface area contributed by atoms with Crippen LogP contribution in [-0.2, 0) is 17.5 Å². The van der Waals surface area contributed by atoms with Gasteiger partial charge in [-0.2, -0.15) is 13.2 Å². The Morgan fingerprint density at radius 1 is 1.13 bits per heavy atom. The van der Waals surface area contributed by atoms with Crippen LogP contribution in [0, 0.1) is 18.7 Å². The van der Waals surface area contributed by atoms with E-state index in [1.165, 1.54) is 0 Å². The lowest BCUT2D eigenvalue weighted by atomic mass is 9.96. The van der Waals surface area contributed by atoms with E-state index in [4.69, 9.17) is 0 Å². The molecule has 1 unspecified atom stereocenters. The molecule has 1 saturated heterocycles. The highest BCUT2D eigenvalue weighted by Gasteiger charge is 2.34. The molecule has 0 aliphatic carbocycles. The van der Waals surface area contributed by atoms with E-state index in [-0.39, 0.29) is 24.6 Å². The fraction of sp³-hybridized carbons (Fsp3) is 0.364. The number of alkyl halides is 3. The Morgan fingerprint density at radius 2 is 1.83 bits per heavy atom. The molecule has 0 aromatic heterocycles. The van der Waals surface area contributed by atoms with Crippen molar-refractivity contribution in [1.29, 1.82) is 0 Å². The van der Waals surface area contributed by atoms with Crippen molar-refractivity contribution >= 4 is 11.8 Å². The number of carbonyl (C=O) groups excluding carboxylic acids is 2. The van der Waals surface area contributed by atoms with E-state index in [0.29, 0.717) is 31.0 Å². The Morgan fingerprint density at radius 3 is 2.50 bits per heavy atom. The summed E-state index contributed by atoms with van der Waals surface area (Å²) < 4.78 is 52.6. The van der Waals surface area contributed by atoms with E-state index >= 15 is 0 Å². The minimum Gasteiger partial charge on any atom is -0.352 e. The molecule has 1 aliphatic rings. The van der Waals surface area contributed by atoms with Crippen LogP contribution >= 0.6 is 0 Å². The lowest BCUT2D eigenvalue weighted by Crippen LogP contribution is -2.45. The van der Waals surface area contributed by atoms with E-state index in [0.717, 1.165) is 17.7 Å². The summed E-state index contributed by atoms with van der Waals surface area (Å²) >= 11 is 0. The fourth-order valence-electron chi connectivity index (χ4n) is 3.55. The van der Waals surface area contributed by atoms with Crippen LogP contribution in [0.4, 0.5) is 17.6 Å². The average Bonchev–Trinajstić information content (AvgIpc) is 2.72. The molecule has 2 amide bonds. The predicted molar refractivity (Wildman–Crippen MR) is 103 cm³/mol. The number of nitrogens with zero attached hydrogens (tertiary/aromatic N) is 1. The van der Waals surface area contributed by atoms with Crippen LogP contribution in [0.25, 0.3) is 0 Å². The van der Waals surface area contributed by atoms with Gasteiger partial charge < -0.3 is 10.2 Å². The number of rotatable bonds is 4. The third kappa shape index (κ3) is 5.17. The highest BCUT2D eigenvalue weighted by molar-refractivity contribution is 5.94. The first kappa shape index (κ1) is 21.8. The normalized spacial score (nSPS) is 17.0. The maximum atomic E-state index is 13.2. The summed E-state index contributed by atoms with van der Waals surface area (Å²) in [6.07, 6.45) is -3.55. The number of halogens is 4. The summed E-state index contributed by atoms with van der Waals surface area (Å²) in [5.74, 6) is -2.10. The number of likely N-dealkylation sites (tertiary alicyclic amines) is 1. The van der Waals surface area contributed by atoms with Gasteiger partial charge >= 0.3 is 6.18 Å². The van der Waals surface area contributed by atoms with Crippen LogP contribution in [0.15, 0.2) is 42.5 Å². The Labute approximate surface area is 171 Å². The molecular weight excluding hydrogens is 400 g/mol. The van der Waals surface area contributed by atoms with Gasteiger partial charge in [0, 0.05) is 25.2 Å². The van der Waals surface area contributed by atoms with Crippen molar-refractivity contribution in [2.45, 2.75) is 32.5 Å². The molecule has 0 spiro atoms. The number of aryl methyl sites for hydroxylation is 1. The number of carbonyl (C=O) groups is 2. The van der Waals surface area contributed by atoms with Crippen LogP contribution in [0.5, 0.6) is 0 Å².